The van der Waals surface area contributed by atoms with Crippen molar-refractivity contribution in [3.8, 4) is 23.0 Å². The van der Waals surface area contributed by atoms with Crippen LogP contribution in [-0.4, -0.2) is 44.8 Å². The molecule has 2 aromatic carbocycles. The number of amides is 1. The number of benzene rings is 2. The number of carbonyl (C=O) groups excluding carboxylic acids is 1. The molecule has 0 heterocycles. The van der Waals surface area contributed by atoms with Gasteiger partial charge in [0.15, 0.2) is 5.75 Å². The third-order valence-corrected chi connectivity index (χ3v) is 4.23. The lowest BCUT2D eigenvalue weighted by Crippen LogP contribution is -2.26. The van der Waals surface area contributed by atoms with Crippen molar-refractivity contribution in [2.75, 3.05) is 27.9 Å². The number of hydrogen-bond acceptors (Lipinski definition) is 7. The molecule has 0 fully saturated rings. The van der Waals surface area contributed by atoms with Crippen molar-refractivity contribution in [3.63, 3.8) is 0 Å². The van der Waals surface area contributed by atoms with Crippen LogP contribution in [0.3, 0.4) is 0 Å². The normalized spacial score (nSPS) is 10.5. The van der Waals surface area contributed by atoms with Crippen LogP contribution in [0.15, 0.2) is 30.3 Å². The van der Waals surface area contributed by atoms with E-state index in [4.69, 9.17) is 18.9 Å². The first-order valence-electron chi connectivity index (χ1n) is 9.33. The molecule has 0 aromatic heterocycles. The molecule has 0 aliphatic carbocycles. The van der Waals surface area contributed by atoms with Gasteiger partial charge in [-0.1, -0.05) is 12.1 Å². The van der Waals surface area contributed by atoms with E-state index in [1.54, 1.807) is 0 Å². The van der Waals surface area contributed by atoms with Crippen molar-refractivity contribution in [2.24, 2.45) is 0 Å². The lowest BCUT2D eigenvalue weighted by molar-refractivity contribution is -0.386. The van der Waals surface area contributed by atoms with Crippen LogP contribution in [0.1, 0.15) is 29.8 Å². The van der Waals surface area contributed by atoms with Crippen LogP contribution < -0.4 is 24.3 Å². The fraction of sp³-hybridized carbons (Fsp3) is 0.381. The highest BCUT2D eigenvalue weighted by atomic mass is 16.6. The Morgan fingerprint density at radius 3 is 2.20 bits per heavy atom. The summed E-state index contributed by atoms with van der Waals surface area (Å²) in [5.74, 6) is 0.192. The summed E-state index contributed by atoms with van der Waals surface area (Å²) in [6.45, 7) is 4.19. The van der Waals surface area contributed by atoms with Gasteiger partial charge in [0.2, 0.25) is 11.5 Å². The van der Waals surface area contributed by atoms with Gasteiger partial charge in [-0.15, -0.1) is 0 Å². The second-order valence-corrected chi connectivity index (χ2v) is 6.62. The van der Waals surface area contributed by atoms with E-state index < -0.39 is 16.5 Å². The van der Waals surface area contributed by atoms with Crippen molar-refractivity contribution in [2.45, 2.75) is 26.4 Å². The molecule has 0 saturated carbocycles. The molecule has 2 rings (SSSR count). The van der Waals surface area contributed by atoms with Crippen molar-refractivity contribution in [3.05, 3.63) is 51.6 Å². The highest BCUT2D eigenvalue weighted by Gasteiger charge is 2.32. The first-order valence-corrected chi connectivity index (χ1v) is 9.33. The van der Waals surface area contributed by atoms with E-state index in [9.17, 15) is 14.9 Å². The Morgan fingerprint density at radius 1 is 1.07 bits per heavy atom. The highest BCUT2D eigenvalue weighted by molar-refractivity contribution is 6.00. The van der Waals surface area contributed by atoms with Gasteiger partial charge in [-0.3, -0.25) is 14.9 Å². The molecule has 162 valence electrons. The van der Waals surface area contributed by atoms with Gasteiger partial charge in [0, 0.05) is 12.6 Å². The molecule has 9 heteroatoms. The van der Waals surface area contributed by atoms with E-state index in [2.05, 4.69) is 5.32 Å². The lowest BCUT2D eigenvalue weighted by Gasteiger charge is -2.15. The first kappa shape index (κ1) is 22.8. The molecule has 0 aliphatic heterocycles. The van der Waals surface area contributed by atoms with Crippen LogP contribution in [0.25, 0.3) is 0 Å². The molecule has 2 aromatic rings. The lowest BCUT2D eigenvalue weighted by atomic mass is 10.1. The topological polar surface area (TPSA) is 109 Å². The van der Waals surface area contributed by atoms with Gasteiger partial charge in [0.05, 0.1) is 32.4 Å². The zero-order valence-electron chi connectivity index (χ0n) is 17.7. The SMILES string of the molecule is COc1cc(C(=O)NCCc2ccc(OC(C)C)cc2)c([N+](=O)[O-])c(OC)c1OC. The fourth-order valence-corrected chi connectivity index (χ4v) is 2.92. The van der Waals surface area contributed by atoms with E-state index in [0.29, 0.717) is 6.42 Å². The second-order valence-electron chi connectivity index (χ2n) is 6.62. The number of hydrogen-bond donors (Lipinski definition) is 1. The van der Waals surface area contributed by atoms with Gasteiger partial charge in [-0.05, 0) is 38.0 Å². The average molecular weight is 418 g/mol. The molecular formula is C21H26N2O7. The molecule has 30 heavy (non-hydrogen) atoms. The standard InChI is InChI=1S/C21H26N2O7/c1-13(2)30-15-8-6-14(7-9-15)10-11-22-21(24)16-12-17(27-3)19(28-4)20(29-5)18(16)23(25)26/h6-9,12-13H,10-11H2,1-5H3,(H,22,24). The number of rotatable bonds is 10. The molecular weight excluding hydrogens is 392 g/mol. The van der Waals surface area contributed by atoms with E-state index in [0.717, 1.165) is 11.3 Å². The Hall–Kier alpha value is -3.49. The summed E-state index contributed by atoms with van der Waals surface area (Å²) >= 11 is 0. The minimum absolute atomic E-state index is 0.0481. The van der Waals surface area contributed by atoms with Gasteiger partial charge in [-0.25, -0.2) is 0 Å². The van der Waals surface area contributed by atoms with Crippen LogP contribution in [0.2, 0.25) is 0 Å². The Kier molecular flexibility index (Phi) is 7.85. The van der Waals surface area contributed by atoms with Gasteiger partial charge in [-0.2, -0.15) is 0 Å². The zero-order chi connectivity index (χ0) is 22.3. The molecule has 0 spiro atoms. The summed E-state index contributed by atoms with van der Waals surface area (Å²) in [6, 6.07) is 8.81. The molecule has 0 aliphatic rings. The Bertz CT molecular complexity index is 895. The third kappa shape index (κ3) is 5.31. The Morgan fingerprint density at radius 2 is 1.70 bits per heavy atom. The number of nitro groups is 1. The molecule has 1 amide bonds. The molecule has 0 radical (unpaired) electrons. The summed E-state index contributed by atoms with van der Waals surface area (Å²) in [6.07, 6.45) is 0.635. The van der Waals surface area contributed by atoms with Crippen molar-refractivity contribution in [1.82, 2.24) is 5.32 Å². The predicted octanol–water partition coefficient (Wildman–Crippen LogP) is 3.38. The summed E-state index contributed by atoms with van der Waals surface area (Å²) in [7, 11) is 3.97. The highest BCUT2D eigenvalue weighted by Crippen LogP contribution is 2.46. The number of ether oxygens (including phenoxy) is 4. The van der Waals surface area contributed by atoms with Crippen LogP contribution in [0.5, 0.6) is 23.0 Å². The van der Waals surface area contributed by atoms with Crippen molar-refractivity contribution in [1.29, 1.82) is 0 Å². The van der Waals surface area contributed by atoms with Crippen molar-refractivity contribution < 1.29 is 28.7 Å². The maximum Gasteiger partial charge on any atom is 0.327 e. The minimum atomic E-state index is -0.677. The van der Waals surface area contributed by atoms with Crippen LogP contribution in [0, 0.1) is 10.1 Å². The van der Waals surface area contributed by atoms with E-state index in [-0.39, 0.29) is 35.5 Å². The van der Waals surface area contributed by atoms with Crippen LogP contribution in [0.4, 0.5) is 5.69 Å². The van der Waals surface area contributed by atoms with E-state index in [1.807, 2.05) is 38.1 Å². The first-order chi connectivity index (χ1) is 14.3. The number of nitro benzene ring substituents is 1. The fourth-order valence-electron chi connectivity index (χ4n) is 2.92. The van der Waals surface area contributed by atoms with E-state index >= 15 is 0 Å². The Balaban J connectivity index is 2.17. The van der Waals surface area contributed by atoms with Gasteiger partial charge in [0.1, 0.15) is 11.3 Å². The predicted molar refractivity (Wildman–Crippen MR) is 111 cm³/mol. The summed E-state index contributed by atoms with van der Waals surface area (Å²) in [5, 5.41) is 14.3. The van der Waals surface area contributed by atoms with Crippen LogP contribution >= 0.6 is 0 Å². The van der Waals surface area contributed by atoms with Crippen LogP contribution in [-0.2, 0) is 6.42 Å². The average Bonchev–Trinajstić information content (AvgIpc) is 2.72. The molecule has 1 N–H and O–H groups in total. The van der Waals surface area contributed by atoms with Gasteiger partial charge < -0.3 is 24.3 Å². The van der Waals surface area contributed by atoms with Gasteiger partial charge >= 0.3 is 5.69 Å². The molecule has 0 bridgehead atoms. The largest absolute Gasteiger partial charge is 0.493 e. The maximum absolute atomic E-state index is 12.7. The molecule has 0 atom stereocenters. The number of carbonyl (C=O) groups is 1. The molecule has 0 unspecified atom stereocenters. The van der Waals surface area contributed by atoms with E-state index in [1.165, 1.54) is 27.4 Å². The third-order valence-electron chi connectivity index (χ3n) is 4.23. The molecule has 9 nitrogen and oxygen atoms in total. The summed E-state index contributed by atoms with van der Waals surface area (Å²) in [5.41, 5.74) is 0.337. The second kappa shape index (κ2) is 10.3. The monoisotopic (exact) mass is 418 g/mol. The minimum Gasteiger partial charge on any atom is -0.493 e. The van der Waals surface area contributed by atoms with Crippen molar-refractivity contribution >= 4 is 11.6 Å². The number of methoxy groups -OCH3 is 3. The maximum atomic E-state index is 12.7. The number of nitrogens with one attached hydrogen (secondary N) is 1. The quantitative estimate of drug-likeness (QED) is 0.465. The van der Waals surface area contributed by atoms with Gasteiger partial charge in [0.25, 0.3) is 5.91 Å². The summed E-state index contributed by atoms with van der Waals surface area (Å²) in [4.78, 5) is 23.6. The zero-order valence-corrected chi connectivity index (χ0v) is 17.7. The Labute approximate surface area is 175 Å². The molecule has 0 saturated heterocycles. The smallest absolute Gasteiger partial charge is 0.327 e. The summed E-state index contributed by atoms with van der Waals surface area (Å²) < 4.78 is 21.1. The number of nitrogens with zero attached hydrogens (tertiary/aromatic N) is 1.